The van der Waals surface area contributed by atoms with Crippen molar-refractivity contribution in [1.82, 2.24) is 29.4 Å². The molecule has 0 spiro atoms. The van der Waals surface area contributed by atoms with Crippen molar-refractivity contribution in [2.75, 3.05) is 0 Å². The van der Waals surface area contributed by atoms with Crippen molar-refractivity contribution in [2.45, 2.75) is 19.4 Å². The van der Waals surface area contributed by atoms with Gasteiger partial charge in [-0.2, -0.15) is 10.1 Å². The minimum absolute atomic E-state index is 0.281. The third-order valence-electron chi connectivity index (χ3n) is 4.33. The first-order chi connectivity index (χ1) is 13.5. The lowest BCUT2D eigenvalue weighted by atomic mass is 10.1. The van der Waals surface area contributed by atoms with Crippen LogP contribution in [-0.2, 0) is 18.3 Å². The summed E-state index contributed by atoms with van der Waals surface area (Å²) < 4.78 is 2.72. The average Bonchev–Trinajstić information content (AvgIpc) is 3.29. The van der Waals surface area contributed by atoms with Crippen molar-refractivity contribution in [3.8, 4) is 5.82 Å². The van der Waals surface area contributed by atoms with Crippen LogP contribution in [0.15, 0.2) is 47.9 Å². The Balaban J connectivity index is 1.58. The molecule has 1 aromatic carbocycles. The molecule has 2 amide bonds. The van der Waals surface area contributed by atoms with Gasteiger partial charge in [-0.25, -0.2) is 14.5 Å². The second kappa shape index (κ2) is 6.82. The van der Waals surface area contributed by atoms with E-state index in [4.69, 9.17) is 4.84 Å². The van der Waals surface area contributed by atoms with E-state index in [2.05, 4.69) is 15.1 Å². The van der Waals surface area contributed by atoms with Crippen LogP contribution in [0.5, 0.6) is 0 Å². The summed E-state index contributed by atoms with van der Waals surface area (Å²) >= 11 is 0. The number of hydrogen-bond donors (Lipinski definition) is 0. The lowest BCUT2D eigenvalue weighted by Gasteiger charge is -2.20. The normalized spacial score (nSPS) is 14.4. The minimum atomic E-state index is -0.552. The monoisotopic (exact) mass is 380 g/mol. The zero-order chi connectivity index (χ0) is 19.8. The second-order valence-corrected chi connectivity index (χ2v) is 6.39. The van der Waals surface area contributed by atoms with Gasteiger partial charge in [-0.1, -0.05) is 12.1 Å². The van der Waals surface area contributed by atoms with Gasteiger partial charge in [0, 0.05) is 25.2 Å². The lowest BCUT2D eigenvalue weighted by Crippen LogP contribution is -2.35. The number of fused-ring (bicyclic) bond motifs is 1. The predicted molar refractivity (Wildman–Crippen MR) is 95.6 cm³/mol. The van der Waals surface area contributed by atoms with Crippen molar-refractivity contribution >= 4 is 11.8 Å². The molecule has 0 fully saturated rings. The van der Waals surface area contributed by atoms with Crippen molar-refractivity contribution in [1.29, 1.82) is 0 Å². The van der Waals surface area contributed by atoms with Gasteiger partial charge in [-0.05, 0) is 19.1 Å². The fraction of sp³-hybridized carbons (Fsp3) is 0.222. The van der Waals surface area contributed by atoms with Gasteiger partial charge in [-0.3, -0.25) is 14.4 Å². The number of benzene rings is 1. The summed E-state index contributed by atoms with van der Waals surface area (Å²) in [6.45, 7) is 1.72. The van der Waals surface area contributed by atoms with Crippen LogP contribution in [-0.4, -0.2) is 47.3 Å². The number of rotatable bonds is 5. The molecule has 1 aliphatic rings. The van der Waals surface area contributed by atoms with Gasteiger partial charge in [0.15, 0.2) is 5.82 Å². The number of imide groups is 1. The van der Waals surface area contributed by atoms with Crippen molar-refractivity contribution in [3.63, 3.8) is 0 Å². The average molecular weight is 380 g/mol. The van der Waals surface area contributed by atoms with Gasteiger partial charge in [0.05, 0.1) is 17.2 Å². The van der Waals surface area contributed by atoms with Crippen LogP contribution < -0.4 is 5.69 Å². The molecule has 28 heavy (non-hydrogen) atoms. The van der Waals surface area contributed by atoms with E-state index in [0.29, 0.717) is 22.5 Å². The Morgan fingerprint density at radius 1 is 1.11 bits per heavy atom. The summed E-state index contributed by atoms with van der Waals surface area (Å²) in [7, 11) is 1.58. The molecule has 10 nitrogen and oxygen atoms in total. The topological polar surface area (TPSA) is 112 Å². The van der Waals surface area contributed by atoms with Gasteiger partial charge in [0.1, 0.15) is 12.7 Å². The Hall–Kier alpha value is -3.66. The van der Waals surface area contributed by atoms with Gasteiger partial charge in [-0.15, -0.1) is 5.06 Å². The molecule has 0 bridgehead atoms. The molecular formula is C18H16N6O4. The Morgan fingerprint density at radius 3 is 2.39 bits per heavy atom. The maximum absolute atomic E-state index is 12.4. The van der Waals surface area contributed by atoms with Crippen LogP contribution in [0, 0.1) is 0 Å². The number of hydrogen-bond acceptors (Lipinski definition) is 7. The third kappa shape index (κ3) is 2.99. The van der Waals surface area contributed by atoms with E-state index >= 15 is 0 Å². The minimum Gasteiger partial charge on any atom is -0.302 e. The number of amides is 2. The largest absolute Gasteiger partial charge is 0.349 e. The van der Waals surface area contributed by atoms with E-state index in [0.717, 1.165) is 5.06 Å². The first-order valence-corrected chi connectivity index (χ1v) is 8.52. The van der Waals surface area contributed by atoms with Crippen LogP contribution in [0.1, 0.15) is 33.2 Å². The van der Waals surface area contributed by atoms with Crippen LogP contribution in [0.4, 0.5) is 0 Å². The fourth-order valence-corrected chi connectivity index (χ4v) is 3.04. The number of hydroxylamine groups is 2. The van der Waals surface area contributed by atoms with E-state index in [1.54, 1.807) is 44.4 Å². The molecule has 142 valence electrons. The first kappa shape index (κ1) is 17.7. The molecule has 10 heteroatoms. The Kier molecular flexibility index (Phi) is 4.32. The number of aromatic nitrogens is 5. The molecule has 1 unspecified atom stereocenters. The van der Waals surface area contributed by atoms with Crippen molar-refractivity contribution < 1.29 is 14.4 Å². The Labute approximate surface area is 159 Å². The van der Waals surface area contributed by atoms with Crippen LogP contribution in [0.3, 0.4) is 0 Å². The van der Waals surface area contributed by atoms with E-state index in [9.17, 15) is 14.4 Å². The SMILES string of the molecule is CC(Cc1cn(C)c(=O)nc1-n1cncn1)ON1C(=O)c2ccccc2C1=O. The second-order valence-electron chi connectivity index (χ2n) is 6.39. The van der Waals surface area contributed by atoms with Gasteiger partial charge in [0.2, 0.25) is 0 Å². The molecular weight excluding hydrogens is 364 g/mol. The highest BCUT2D eigenvalue weighted by Gasteiger charge is 2.37. The van der Waals surface area contributed by atoms with Gasteiger partial charge in [0.25, 0.3) is 11.8 Å². The smallest absolute Gasteiger partial charge is 0.302 e. The zero-order valence-electron chi connectivity index (χ0n) is 15.1. The molecule has 1 atom stereocenters. The van der Waals surface area contributed by atoms with Crippen LogP contribution >= 0.6 is 0 Å². The van der Waals surface area contributed by atoms with Crippen molar-refractivity contribution in [2.24, 2.45) is 7.05 Å². The maximum Gasteiger partial charge on any atom is 0.349 e. The molecule has 3 heterocycles. The van der Waals surface area contributed by atoms with E-state index in [-0.39, 0.29) is 6.42 Å². The summed E-state index contributed by atoms with van der Waals surface area (Å²) in [6.07, 6.45) is 4.12. The number of nitrogens with zero attached hydrogens (tertiary/aromatic N) is 6. The van der Waals surface area contributed by atoms with E-state index in [1.165, 1.54) is 21.9 Å². The lowest BCUT2D eigenvalue weighted by molar-refractivity contribution is -0.125. The molecule has 1 aliphatic heterocycles. The summed E-state index contributed by atoms with van der Waals surface area (Å²) in [4.78, 5) is 50.4. The molecule has 4 rings (SSSR count). The first-order valence-electron chi connectivity index (χ1n) is 8.52. The number of carbonyl (C=O) groups is 2. The highest BCUT2D eigenvalue weighted by molar-refractivity contribution is 6.20. The molecule has 0 aliphatic carbocycles. The van der Waals surface area contributed by atoms with Gasteiger partial charge < -0.3 is 4.57 Å². The molecule has 2 aromatic heterocycles. The zero-order valence-corrected chi connectivity index (χ0v) is 15.1. The van der Waals surface area contributed by atoms with Gasteiger partial charge >= 0.3 is 5.69 Å². The summed E-state index contributed by atoms with van der Waals surface area (Å²) in [5.74, 6) is -0.677. The van der Waals surface area contributed by atoms with E-state index in [1.807, 2.05) is 0 Å². The van der Waals surface area contributed by atoms with E-state index < -0.39 is 23.6 Å². The molecule has 0 saturated heterocycles. The molecule has 0 N–H and O–H groups in total. The quantitative estimate of drug-likeness (QED) is 0.593. The summed E-state index contributed by atoms with van der Waals surface area (Å²) in [6, 6.07) is 6.56. The summed E-state index contributed by atoms with van der Waals surface area (Å²) in [5, 5.41) is 4.79. The fourth-order valence-electron chi connectivity index (χ4n) is 3.04. The number of aryl methyl sites for hydroxylation is 1. The standard InChI is InChI=1S/C18H16N6O4/c1-11(28-24-16(25)13-5-3-4-6-14(13)17(24)26)7-12-8-22(2)18(27)21-15(12)23-10-19-9-20-23/h3-6,8-11H,7H2,1-2H3. The maximum atomic E-state index is 12.4. The summed E-state index contributed by atoms with van der Waals surface area (Å²) in [5.41, 5.74) is 0.832. The Morgan fingerprint density at radius 2 is 1.79 bits per heavy atom. The predicted octanol–water partition coefficient (Wildman–Crippen LogP) is 0.520. The molecule has 0 saturated carbocycles. The van der Waals surface area contributed by atoms with Crippen LogP contribution in [0.2, 0.25) is 0 Å². The molecule has 0 radical (unpaired) electrons. The van der Waals surface area contributed by atoms with Crippen molar-refractivity contribution in [3.05, 3.63) is 70.3 Å². The molecule has 3 aromatic rings. The highest BCUT2D eigenvalue weighted by Crippen LogP contribution is 2.24. The third-order valence-corrected chi connectivity index (χ3v) is 4.33. The number of carbonyl (C=O) groups excluding carboxylic acids is 2. The highest BCUT2D eigenvalue weighted by atomic mass is 16.7. The van der Waals surface area contributed by atoms with Crippen LogP contribution in [0.25, 0.3) is 5.82 Å². The Bertz CT molecular complexity index is 1090.